The predicted octanol–water partition coefficient (Wildman–Crippen LogP) is 5.04. The summed E-state index contributed by atoms with van der Waals surface area (Å²) in [5.41, 5.74) is 3.90. The number of nitrogens with zero attached hydrogens (tertiary/aromatic N) is 3. The minimum absolute atomic E-state index is 0.522. The molecule has 0 bridgehead atoms. The van der Waals surface area contributed by atoms with E-state index in [1.165, 1.54) is 5.56 Å². The number of hydrogen-bond acceptors (Lipinski definition) is 2. The minimum Gasteiger partial charge on any atom is -0.280 e. The largest absolute Gasteiger partial charge is 0.280 e. The topological polar surface area (TPSA) is 30.7 Å². The maximum atomic E-state index is 5.93. The molecule has 0 saturated carbocycles. The van der Waals surface area contributed by atoms with E-state index in [0.29, 0.717) is 12.3 Å². The normalized spacial score (nSPS) is 11.2. The molecule has 0 spiro atoms. The molecule has 0 aliphatic carbocycles. The molecule has 0 aliphatic rings. The number of halogens is 3. The molecule has 3 aromatic rings. The van der Waals surface area contributed by atoms with E-state index in [2.05, 4.69) is 65.5 Å². The quantitative estimate of drug-likeness (QED) is 0.547. The van der Waals surface area contributed by atoms with Crippen molar-refractivity contribution >= 4 is 54.6 Å². The SMILES string of the molecule is Cc1cccc(-n2c(CCCl)nc3cc(Br)cnc32)c1Br. The van der Waals surface area contributed by atoms with Gasteiger partial charge in [-0.1, -0.05) is 12.1 Å². The second-order valence-electron chi connectivity index (χ2n) is 4.71. The number of imidazole rings is 1. The van der Waals surface area contributed by atoms with Crippen molar-refractivity contribution in [3.63, 3.8) is 0 Å². The highest BCUT2D eigenvalue weighted by atomic mass is 79.9. The second kappa shape index (κ2) is 6.07. The molecule has 0 radical (unpaired) electrons. The first-order valence-electron chi connectivity index (χ1n) is 6.46. The highest BCUT2D eigenvalue weighted by Crippen LogP contribution is 2.29. The van der Waals surface area contributed by atoms with E-state index in [1.807, 2.05) is 12.1 Å². The molecule has 1 aromatic carbocycles. The fourth-order valence-electron chi connectivity index (χ4n) is 2.30. The molecular weight excluding hydrogens is 417 g/mol. The van der Waals surface area contributed by atoms with Crippen molar-refractivity contribution in [2.24, 2.45) is 0 Å². The first-order chi connectivity index (χ1) is 10.1. The molecule has 0 aliphatic heterocycles. The van der Waals surface area contributed by atoms with E-state index < -0.39 is 0 Å². The van der Waals surface area contributed by atoms with Gasteiger partial charge in [0.05, 0.1) is 5.69 Å². The van der Waals surface area contributed by atoms with Crippen LogP contribution < -0.4 is 0 Å². The van der Waals surface area contributed by atoms with E-state index in [-0.39, 0.29) is 0 Å². The zero-order chi connectivity index (χ0) is 15.0. The lowest BCUT2D eigenvalue weighted by atomic mass is 10.2. The number of aromatic nitrogens is 3. The van der Waals surface area contributed by atoms with Crippen molar-refractivity contribution in [1.82, 2.24) is 14.5 Å². The lowest BCUT2D eigenvalue weighted by Gasteiger charge is -2.11. The van der Waals surface area contributed by atoms with Crippen LogP contribution in [0.5, 0.6) is 0 Å². The molecule has 21 heavy (non-hydrogen) atoms. The summed E-state index contributed by atoms with van der Waals surface area (Å²) in [7, 11) is 0. The summed E-state index contributed by atoms with van der Waals surface area (Å²) in [5, 5.41) is 0. The van der Waals surface area contributed by atoms with E-state index in [9.17, 15) is 0 Å². The Balaban J connectivity index is 2.33. The molecule has 0 atom stereocenters. The maximum absolute atomic E-state index is 5.93. The van der Waals surface area contributed by atoms with Crippen molar-refractivity contribution in [1.29, 1.82) is 0 Å². The summed E-state index contributed by atoms with van der Waals surface area (Å²) in [6.07, 6.45) is 2.48. The van der Waals surface area contributed by atoms with Gasteiger partial charge in [0.15, 0.2) is 5.65 Å². The van der Waals surface area contributed by atoms with E-state index in [1.54, 1.807) is 6.20 Å². The Morgan fingerprint density at radius 1 is 1.29 bits per heavy atom. The molecule has 0 fully saturated rings. The minimum atomic E-state index is 0.522. The predicted molar refractivity (Wildman–Crippen MR) is 93.4 cm³/mol. The Hall–Kier alpha value is -0.910. The molecule has 2 heterocycles. The fraction of sp³-hybridized carbons (Fsp3) is 0.200. The van der Waals surface area contributed by atoms with Gasteiger partial charge in [-0.05, 0) is 56.5 Å². The Labute approximate surface area is 144 Å². The summed E-state index contributed by atoms with van der Waals surface area (Å²) in [5.74, 6) is 1.44. The summed E-state index contributed by atoms with van der Waals surface area (Å²) >= 11 is 13.0. The van der Waals surface area contributed by atoms with Gasteiger partial charge in [-0.25, -0.2) is 9.97 Å². The Morgan fingerprint density at radius 2 is 2.10 bits per heavy atom. The third-order valence-corrected chi connectivity index (χ3v) is 4.92. The van der Waals surface area contributed by atoms with Gasteiger partial charge in [-0.2, -0.15) is 0 Å². The van der Waals surface area contributed by atoms with Gasteiger partial charge in [0.2, 0.25) is 0 Å². The van der Waals surface area contributed by atoms with Crippen molar-refractivity contribution in [3.8, 4) is 5.69 Å². The Bertz CT molecular complexity index is 814. The van der Waals surface area contributed by atoms with Crippen molar-refractivity contribution in [2.75, 3.05) is 5.88 Å². The number of aryl methyl sites for hydroxylation is 2. The molecule has 0 N–H and O–H groups in total. The van der Waals surface area contributed by atoms with Crippen LogP contribution in [0.2, 0.25) is 0 Å². The molecule has 2 aromatic heterocycles. The van der Waals surface area contributed by atoms with Crippen LogP contribution in [0.1, 0.15) is 11.4 Å². The molecule has 0 saturated heterocycles. The van der Waals surface area contributed by atoms with Crippen LogP contribution >= 0.6 is 43.5 Å². The molecule has 0 unspecified atom stereocenters. The standard InChI is InChI=1S/C15H12Br2ClN3/c1-9-3-2-4-12(14(9)17)21-13(5-6-18)20-11-7-10(16)8-19-15(11)21/h2-4,7-8H,5-6H2,1H3. The highest BCUT2D eigenvalue weighted by Gasteiger charge is 2.16. The number of alkyl halides is 1. The van der Waals surface area contributed by atoms with E-state index in [4.69, 9.17) is 11.6 Å². The molecular formula is C15H12Br2ClN3. The van der Waals surface area contributed by atoms with Crippen molar-refractivity contribution in [3.05, 3.63) is 50.8 Å². The van der Waals surface area contributed by atoms with Crippen molar-refractivity contribution in [2.45, 2.75) is 13.3 Å². The average molecular weight is 430 g/mol. The highest BCUT2D eigenvalue weighted by molar-refractivity contribution is 9.10. The van der Waals surface area contributed by atoms with Crippen molar-refractivity contribution < 1.29 is 0 Å². The maximum Gasteiger partial charge on any atom is 0.164 e. The zero-order valence-electron chi connectivity index (χ0n) is 11.3. The number of hydrogen-bond donors (Lipinski definition) is 0. The van der Waals surface area contributed by atoms with Gasteiger partial charge in [0.25, 0.3) is 0 Å². The van der Waals surface area contributed by atoms with Crippen LogP contribution in [-0.4, -0.2) is 20.4 Å². The monoisotopic (exact) mass is 427 g/mol. The van der Waals surface area contributed by atoms with Gasteiger partial charge in [0, 0.05) is 27.4 Å². The van der Waals surface area contributed by atoms with Gasteiger partial charge in [-0.15, -0.1) is 11.6 Å². The summed E-state index contributed by atoms with van der Waals surface area (Å²) in [4.78, 5) is 9.20. The smallest absolute Gasteiger partial charge is 0.164 e. The lowest BCUT2D eigenvalue weighted by Crippen LogP contribution is -2.04. The molecule has 108 valence electrons. The van der Waals surface area contributed by atoms with Gasteiger partial charge in [0.1, 0.15) is 11.3 Å². The lowest BCUT2D eigenvalue weighted by molar-refractivity contribution is 0.901. The first-order valence-corrected chi connectivity index (χ1v) is 8.58. The third kappa shape index (κ3) is 2.74. The van der Waals surface area contributed by atoms with Gasteiger partial charge >= 0.3 is 0 Å². The Morgan fingerprint density at radius 3 is 2.86 bits per heavy atom. The summed E-state index contributed by atoms with van der Waals surface area (Å²) in [6, 6.07) is 8.13. The van der Waals surface area contributed by atoms with E-state index in [0.717, 1.165) is 31.6 Å². The van der Waals surface area contributed by atoms with Crippen LogP contribution in [0.25, 0.3) is 16.9 Å². The summed E-state index contributed by atoms with van der Waals surface area (Å²) < 4.78 is 4.03. The first kappa shape index (κ1) is 15.0. The van der Waals surface area contributed by atoms with Crippen LogP contribution in [0.4, 0.5) is 0 Å². The van der Waals surface area contributed by atoms with Crippen LogP contribution in [-0.2, 0) is 6.42 Å². The van der Waals surface area contributed by atoms with Crippen LogP contribution in [0.3, 0.4) is 0 Å². The molecule has 0 amide bonds. The van der Waals surface area contributed by atoms with Gasteiger partial charge in [-0.3, -0.25) is 4.57 Å². The van der Waals surface area contributed by atoms with Crippen LogP contribution in [0, 0.1) is 6.92 Å². The molecule has 3 nitrogen and oxygen atoms in total. The average Bonchev–Trinajstić information content (AvgIpc) is 2.79. The fourth-order valence-corrected chi connectivity index (χ4v) is 3.23. The van der Waals surface area contributed by atoms with E-state index >= 15 is 0 Å². The number of rotatable bonds is 3. The molecule has 3 rings (SSSR count). The number of benzene rings is 1. The van der Waals surface area contributed by atoms with Crippen LogP contribution in [0.15, 0.2) is 39.4 Å². The Kier molecular flexibility index (Phi) is 4.33. The third-order valence-electron chi connectivity index (χ3n) is 3.26. The number of pyridine rings is 1. The number of fused-ring (bicyclic) bond motifs is 1. The van der Waals surface area contributed by atoms with Gasteiger partial charge < -0.3 is 0 Å². The second-order valence-corrected chi connectivity index (χ2v) is 6.79. The summed E-state index contributed by atoms with van der Waals surface area (Å²) in [6.45, 7) is 2.07. The zero-order valence-corrected chi connectivity index (χ0v) is 15.2. The molecule has 6 heteroatoms.